The third kappa shape index (κ3) is 1.81. The van der Waals surface area contributed by atoms with Crippen LogP contribution >= 0.6 is 11.6 Å². The highest BCUT2D eigenvalue weighted by atomic mass is 35.5. The Morgan fingerprint density at radius 2 is 1.67 bits per heavy atom. The summed E-state index contributed by atoms with van der Waals surface area (Å²) in [5, 5.41) is 0. The van der Waals surface area contributed by atoms with Crippen molar-refractivity contribution in [2.75, 3.05) is 0 Å². The number of halogens is 1. The monoisotopic (exact) mass is 182 g/mol. The van der Waals surface area contributed by atoms with Gasteiger partial charge in [0.2, 0.25) is 0 Å². The molecule has 0 spiro atoms. The Balaban J connectivity index is 3.18. The molecule has 1 heteroatoms. The van der Waals surface area contributed by atoms with Crippen LogP contribution in [0.3, 0.4) is 0 Å². The van der Waals surface area contributed by atoms with Crippen LogP contribution in [-0.2, 0) is 12.3 Å². The normalized spacial score (nSPS) is 10.3. The highest BCUT2D eigenvalue weighted by molar-refractivity contribution is 6.17. The van der Waals surface area contributed by atoms with Gasteiger partial charge in [-0.1, -0.05) is 19.1 Å². The van der Waals surface area contributed by atoms with Gasteiger partial charge in [0.15, 0.2) is 0 Å². The summed E-state index contributed by atoms with van der Waals surface area (Å²) in [7, 11) is 0. The molecule has 0 aromatic heterocycles. The molecule has 0 aliphatic carbocycles. The smallest absolute Gasteiger partial charge is 0.0479 e. The molecular weight excluding hydrogens is 168 g/mol. The average Bonchev–Trinajstić information content (AvgIpc) is 2.03. The van der Waals surface area contributed by atoms with E-state index in [0.29, 0.717) is 5.88 Å². The number of aryl methyl sites for hydroxylation is 3. The van der Waals surface area contributed by atoms with E-state index in [9.17, 15) is 0 Å². The van der Waals surface area contributed by atoms with E-state index in [2.05, 4.69) is 32.9 Å². The molecule has 12 heavy (non-hydrogen) atoms. The summed E-state index contributed by atoms with van der Waals surface area (Å²) >= 11 is 5.83. The standard InChI is InChI=1S/C11H15Cl/c1-4-10-5-8(2)11(7-12)9(3)6-10/h5-6H,4,7H2,1-3H3. The number of hydrogen-bond donors (Lipinski definition) is 0. The Hall–Kier alpha value is -0.490. The van der Waals surface area contributed by atoms with Gasteiger partial charge < -0.3 is 0 Å². The summed E-state index contributed by atoms with van der Waals surface area (Å²) in [5.74, 6) is 0.627. The number of benzene rings is 1. The molecular formula is C11H15Cl. The minimum absolute atomic E-state index is 0.627. The van der Waals surface area contributed by atoms with E-state index >= 15 is 0 Å². The molecule has 0 aliphatic heterocycles. The summed E-state index contributed by atoms with van der Waals surface area (Å²) < 4.78 is 0. The maximum atomic E-state index is 5.83. The van der Waals surface area contributed by atoms with Gasteiger partial charge in [0.05, 0.1) is 0 Å². The van der Waals surface area contributed by atoms with Crippen molar-refractivity contribution in [2.24, 2.45) is 0 Å². The SMILES string of the molecule is CCc1cc(C)c(CCl)c(C)c1. The zero-order chi connectivity index (χ0) is 9.14. The highest BCUT2D eigenvalue weighted by Crippen LogP contribution is 2.18. The summed E-state index contributed by atoms with van der Waals surface area (Å²) in [6, 6.07) is 4.45. The van der Waals surface area contributed by atoms with Crippen LogP contribution in [0.1, 0.15) is 29.2 Å². The van der Waals surface area contributed by atoms with Gasteiger partial charge in [-0.3, -0.25) is 0 Å². The lowest BCUT2D eigenvalue weighted by molar-refractivity contribution is 1.10. The van der Waals surface area contributed by atoms with Gasteiger partial charge >= 0.3 is 0 Å². The predicted octanol–water partition coefficient (Wildman–Crippen LogP) is 3.60. The Bertz CT molecular complexity index is 253. The van der Waals surface area contributed by atoms with Gasteiger partial charge in [0, 0.05) is 5.88 Å². The molecule has 0 amide bonds. The van der Waals surface area contributed by atoms with Crippen LogP contribution in [0.15, 0.2) is 12.1 Å². The van der Waals surface area contributed by atoms with Crippen LogP contribution in [0.25, 0.3) is 0 Å². The zero-order valence-corrected chi connectivity index (χ0v) is 8.70. The second-order valence-electron chi connectivity index (χ2n) is 3.20. The Kier molecular flexibility index (Phi) is 3.16. The quantitative estimate of drug-likeness (QED) is 0.614. The van der Waals surface area contributed by atoms with Gasteiger partial charge in [0.25, 0.3) is 0 Å². The molecule has 0 bridgehead atoms. The van der Waals surface area contributed by atoms with E-state index in [1.54, 1.807) is 0 Å². The third-order valence-corrected chi connectivity index (χ3v) is 2.56. The molecule has 1 aromatic rings. The van der Waals surface area contributed by atoms with Crippen LogP contribution in [0.4, 0.5) is 0 Å². The van der Waals surface area contributed by atoms with Crippen LogP contribution < -0.4 is 0 Å². The lowest BCUT2D eigenvalue weighted by atomic mass is 9.99. The summed E-state index contributed by atoms with van der Waals surface area (Å²) in [5.41, 5.74) is 5.33. The summed E-state index contributed by atoms with van der Waals surface area (Å²) in [6.45, 7) is 6.43. The Morgan fingerprint density at radius 3 is 2.00 bits per heavy atom. The van der Waals surface area contributed by atoms with Crippen molar-refractivity contribution in [3.63, 3.8) is 0 Å². The average molecular weight is 183 g/mol. The molecule has 1 rings (SSSR count). The van der Waals surface area contributed by atoms with E-state index in [1.807, 2.05) is 0 Å². The maximum Gasteiger partial charge on any atom is 0.0479 e. The zero-order valence-electron chi connectivity index (χ0n) is 7.95. The molecule has 66 valence electrons. The van der Waals surface area contributed by atoms with Gasteiger partial charge in [-0.05, 0) is 42.5 Å². The third-order valence-electron chi connectivity index (χ3n) is 2.30. The first-order valence-electron chi connectivity index (χ1n) is 4.34. The first kappa shape index (κ1) is 9.60. The number of alkyl halides is 1. The van der Waals surface area contributed by atoms with E-state index in [0.717, 1.165) is 6.42 Å². The van der Waals surface area contributed by atoms with Gasteiger partial charge in [0.1, 0.15) is 0 Å². The molecule has 0 fully saturated rings. The van der Waals surface area contributed by atoms with Crippen LogP contribution in [0, 0.1) is 13.8 Å². The lowest BCUT2D eigenvalue weighted by Gasteiger charge is -2.08. The fraction of sp³-hybridized carbons (Fsp3) is 0.455. The molecule has 0 saturated heterocycles. The number of hydrogen-bond acceptors (Lipinski definition) is 0. The number of rotatable bonds is 2. The maximum absolute atomic E-state index is 5.83. The van der Waals surface area contributed by atoms with Crippen molar-refractivity contribution in [2.45, 2.75) is 33.1 Å². The predicted molar refractivity (Wildman–Crippen MR) is 54.9 cm³/mol. The minimum atomic E-state index is 0.627. The van der Waals surface area contributed by atoms with Gasteiger partial charge in [-0.15, -0.1) is 11.6 Å². The highest BCUT2D eigenvalue weighted by Gasteiger charge is 2.02. The fourth-order valence-electron chi connectivity index (χ4n) is 1.50. The van der Waals surface area contributed by atoms with Gasteiger partial charge in [-0.25, -0.2) is 0 Å². The molecule has 0 atom stereocenters. The molecule has 1 aromatic carbocycles. The Morgan fingerprint density at radius 1 is 1.17 bits per heavy atom. The van der Waals surface area contributed by atoms with Gasteiger partial charge in [-0.2, -0.15) is 0 Å². The van der Waals surface area contributed by atoms with Crippen molar-refractivity contribution < 1.29 is 0 Å². The second kappa shape index (κ2) is 3.95. The molecule has 0 unspecified atom stereocenters. The largest absolute Gasteiger partial charge is 0.122 e. The van der Waals surface area contributed by atoms with Crippen molar-refractivity contribution in [1.29, 1.82) is 0 Å². The molecule has 0 aliphatic rings. The Labute approximate surface area is 79.6 Å². The molecule has 0 radical (unpaired) electrons. The lowest BCUT2D eigenvalue weighted by Crippen LogP contribution is -1.93. The van der Waals surface area contributed by atoms with E-state index in [1.165, 1.54) is 22.3 Å². The first-order valence-corrected chi connectivity index (χ1v) is 4.87. The van der Waals surface area contributed by atoms with Crippen molar-refractivity contribution in [3.8, 4) is 0 Å². The fourth-order valence-corrected chi connectivity index (χ4v) is 1.92. The van der Waals surface area contributed by atoms with Crippen LogP contribution in [-0.4, -0.2) is 0 Å². The summed E-state index contributed by atoms with van der Waals surface area (Å²) in [4.78, 5) is 0. The topological polar surface area (TPSA) is 0 Å². The van der Waals surface area contributed by atoms with E-state index in [-0.39, 0.29) is 0 Å². The van der Waals surface area contributed by atoms with E-state index in [4.69, 9.17) is 11.6 Å². The molecule has 0 saturated carbocycles. The van der Waals surface area contributed by atoms with Crippen molar-refractivity contribution >= 4 is 11.6 Å². The minimum Gasteiger partial charge on any atom is -0.122 e. The second-order valence-corrected chi connectivity index (χ2v) is 3.46. The summed E-state index contributed by atoms with van der Waals surface area (Å²) in [6.07, 6.45) is 1.10. The first-order chi connectivity index (χ1) is 5.69. The van der Waals surface area contributed by atoms with E-state index < -0.39 is 0 Å². The van der Waals surface area contributed by atoms with Crippen LogP contribution in [0.5, 0.6) is 0 Å². The molecule has 0 nitrogen and oxygen atoms in total. The molecule has 0 heterocycles. The van der Waals surface area contributed by atoms with Crippen molar-refractivity contribution in [1.82, 2.24) is 0 Å². The van der Waals surface area contributed by atoms with Crippen molar-refractivity contribution in [3.05, 3.63) is 34.4 Å². The van der Waals surface area contributed by atoms with Crippen LogP contribution in [0.2, 0.25) is 0 Å². The molecule has 0 N–H and O–H groups in total.